The predicted molar refractivity (Wildman–Crippen MR) is 117 cm³/mol. The number of nitrogens with two attached hydrogens (primary N) is 3. The number of nitrogens with one attached hydrogen (secondary N) is 2. The molecule has 7 heteroatoms. The van der Waals surface area contributed by atoms with Crippen LogP contribution in [0.2, 0.25) is 0 Å². The van der Waals surface area contributed by atoms with E-state index in [9.17, 15) is 5.11 Å². The lowest BCUT2D eigenvalue weighted by atomic mass is 9.97. The quantitative estimate of drug-likeness (QED) is 0.177. The van der Waals surface area contributed by atoms with Gasteiger partial charge in [-0.2, -0.15) is 0 Å². The zero-order valence-electron chi connectivity index (χ0n) is 16.0. The summed E-state index contributed by atoms with van der Waals surface area (Å²) in [5.41, 5.74) is 18.3. The number of benzene rings is 2. The zero-order chi connectivity index (χ0) is 20.5. The van der Waals surface area contributed by atoms with Crippen LogP contribution in [0.1, 0.15) is 22.9 Å². The molecule has 2 heterocycles. The first-order valence-corrected chi connectivity index (χ1v) is 9.19. The number of H-pyrrole nitrogens is 1. The van der Waals surface area contributed by atoms with Crippen molar-refractivity contribution in [2.45, 2.75) is 13.2 Å². The molecule has 0 aliphatic heterocycles. The van der Waals surface area contributed by atoms with Crippen LogP contribution in [0.15, 0.2) is 54.9 Å². The number of nitrogen functional groups attached to an aromatic ring is 2. The van der Waals surface area contributed by atoms with Gasteiger partial charge in [0.25, 0.3) is 0 Å². The molecule has 0 fully saturated rings. The van der Waals surface area contributed by atoms with E-state index in [0.717, 1.165) is 33.3 Å². The van der Waals surface area contributed by atoms with E-state index < -0.39 is 6.23 Å². The van der Waals surface area contributed by atoms with Gasteiger partial charge in [-0.15, -0.1) is 0 Å². The van der Waals surface area contributed by atoms with Crippen molar-refractivity contribution in [1.82, 2.24) is 9.97 Å². The smallest absolute Gasteiger partial charge is 0.169 e. The fourth-order valence-corrected chi connectivity index (χ4v) is 3.38. The molecule has 29 heavy (non-hydrogen) atoms. The maximum atomic E-state index is 10.8. The summed E-state index contributed by atoms with van der Waals surface area (Å²) in [6.45, 7) is 2.01. The Morgan fingerprint density at radius 1 is 1.17 bits per heavy atom. The highest BCUT2D eigenvalue weighted by atomic mass is 16.3. The predicted octanol–water partition coefficient (Wildman–Crippen LogP) is 1.98. The lowest BCUT2D eigenvalue weighted by molar-refractivity contribution is -0.104. The van der Waals surface area contributed by atoms with Gasteiger partial charge in [-0.1, -0.05) is 17.7 Å². The number of hydrogen-bond acceptors (Lipinski definition) is 5. The van der Waals surface area contributed by atoms with Crippen molar-refractivity contribution in [3.63, 3.8) is 0 Å². The minimum atomic E-state index is -1.01. The first-order chi connectivity index (χ1) is 14.0. The van der Waals surface area contributed by atoms with Crippen LogP contribution in [0, 0.1) is 6.92 Å². The van der Waals surface area contributed by atoms with E-state index in [0.29, 0.717) is 22.6 Å². The normalized spacial score (nSPS) is 12.1. The maximum absolute atomic E-state index is 10.8. The van der Waals surface area contributed by atoms with Crippen LogP contribution >= 0.6 is 0 Å². The molecule has 0 bridgehead atoms. The van der Waals surface area contributed by atoms with Gasteiger partial charge in [0.15, 0.2) is 12.4 Å². The molecule has 0 spiro atoms. The van der Waals surface area contributed by atoms with Gasteiger partial charge in [0.05, 0.1) is 23.0 Å². The molecule has 0 aliphatic carbocycles. The van der Waals surface area contributed by atoms with Crippen molar-refractivity contribution in [1.29, 1.82) is 0 Å². The van der Waals surface area contributed by atoms with Crippen molar-refractivity contribution < 1.29 is 10.5 Å². The molecule has 0 radical (unpaired) electrons. The van der Waals surface area contributed by atoms with E-state index in [2.05, 4.69) is 15.3 Å². The molecular formula is C22H23N6O+. The fraction of sp³-hybridized carbons (Fsp3) is 0.0909. The van der Waals surface area contributed by atoms with Gasteiger partial charge in [0.2, 0.25) is 0 Å². The number of aromatic amines is 1. The SMILES string of the molecule is Cc1ccc(NC(O)c2cc(-c3c[nH]c4cnc(N)cc34)cc(C=[NH2+])c2N)cc1. The summed E-state index contributed by atoms with van der Waals surface area (Å²) in [7, 11) is 0. The van der Waals surface area contributed by atoms with Gasteiger partial charge in [-0.25, -0.2) is 4.98 Å². The van der Waals surface area contributed by atoms with Crippen LogP contribution in [0.3, 0.4) is 0 Å². The number of aromatic nitrogens is 2. The average Bonchev–Trinajstić information content (AvgIpc) is 3.13. The number of rotatable bonds is 5. The number of fused-ring (bicyclic) bond motifs is 1. The Bertz CT molecular complexity index is 1200. The minimum Gasteiger partial charge on any atom is -0.398 e. The summed E-state index contributed by atoms with van der Waals surface area (Å²) in [6.07, 6.45) is 4.00. The molecule has 4 rings (SSSR count). The molecule has 1 unspecified atom stereocenters. The Hall–Kier alpha value is -3.84. The van der Waals surface area contributed by atoms with E-state index >= 15 is 0 Å². The van der Waals surface area contributed by atoms with Gasteiger partial charge in [0.1, 0.15) is 5.82 Å². The third-order valence-electron chi connectivity index (χ3n) is 4.97. The molecule has 146 valence electrons. The highest BCUT2D eigenvalue weighted by molar-refractivity contribution is 5.98. The third-order valence-corrected chi connectivity index (χ3v) is 4.97. The lowest BCUT2D eigenvalue weighted by Crippen LogP contribution is -2.30. The van der Waals surface area contributed by atoms with E-state index in [1.165, 1.54) is 6.21 Å². The molecule has 7 nitrogen and oxygen atoms in total. The number of aliphatic hydroxyl groups excluding tert-OH is 1. The Balaban J connectivity index is 1.79. The number of hydrogen-bond donors (Lipinski definition) is 6. The van der Waals surface area contributed by atoms with Gasteiger partial charge < -0.3 is 26.9 Å². The van der Waals surface area contributed by atoms with Crippen LogP contribution in [0.5, 0.6) is 0 Å². The second kappa shape index (κ2) is 7.29. The van der Waals surface area contributed by atoms with Crippen LogP contribution in [-0.2, 0) is 0 Å². The maximum Gasteiger partial charge on any atom is 0.169 e. The molecule has 2 aromatic heterocycles. The van der Waals surface area contributed by atoms with Gasteiger partial charge in [-0.3, -0.25) is 5.41 Å². The summed E-state index contributed by atoms with van der Waals surface area (Å²) in [4.78, 5) is 7.30. The van der Waals surface area contributed by atoms with E-state index in [4.69, 9.17) is 16.9 Å². The zero-order valence-corrected chi connectivity index (χ0v) is 16.0. The first-order valence-electron chi connectivity index (χ1n) is 9.19. The van der Waals surface area contributed by atoms with Crippen LogP contribution < -0.4 is 22.2 Å². The number of nitrogens with zero attached hydrogens (tertiary/aromatic N) is 1. The van der Waals surface area contributed by atoms with Crippen molar-refractivity contribution in [3.8, 4) is 11.1 Å². The Kier molecular flexibility index (Phi) is 4.66. The van der Waals surface area contributed by atoms with Gasteiger partial charge in [-0.05, 0) is 42.8 Å². The Labute approximate surface area is 167 Å². The minimum absolute atomic E-state index is 0.421. The molecule has 0 saturated heterocycles. The first kappa shape index (κ1) is 18.5. The highest BCUT2D eigenvalue weighted by Gasteiger charge is 2.18. The molecule has 0 aliphatic rings. The number of pyridine rings is 1. The summed E-state index contributed by atoms with van der Waals surface area (Å²) >= 11 is 0. The number of aliphatic hydroxyl groups is 1. The van der Waals surface area contributed by atoms with Gasteiger partial charge in [0, 0.05) is 28.4 Å². The van der Waals surface area contributed by atoms with Crippen LogP contribution in [0.4, 0.5) is 17.2 Å². The van der Waals surface area contributed by atoms with Crippen molar-refractivity contribution >= 4 is 34.3 Å². The third kappa shape index (κ3) is 3.51. The van der Waals surface area contributed by atoms with Crippen LogP contribution in [-0.4, -0.2) is 21.3 Å². The lowest BCUT2D eigenvalue weighted by Gasteiger charge is -2.19. The standard InChI is InChI=1S/C22H22N6O/c1-12-2-4-15(5-3-12)28-22(29)17-7-13(6-14(9-23)21(17)25)18-10-26-19-11-27-20(24)8-16(18)19/h2-11,22-23,26,28-29H,25H2,1H3,(H2,24,27)/p+1. The summed E-state index contributed by atoms with van der Waals surface area (Å²) in [5, 5.41) is 20.7. The van der Waals surface area contributed by atoms with E-state index in [1.807, 2.05) is 55.6 Å². The monoisotopic (exact) mass is 387 g/mol. The molecule has 0 amide bonds. The van der Waals surface area contributed by atoms with Crippen molar-refractivity contribution in [2.24, 2.45) is 0 Å². The molecule has 1 atom stereocenters. The van der Waals surface area contributed by atoms with Crippen LogP contribution in [0.25, 0.3) is 22.0 Å². The summed E-state index contributed by atoms with van der Waals surface area (Å²) < 4.78 is 0. The highest BCUT2D eigenvalue weighted by Crippen LogP contribution is 2.34. The topological polar surface area (TPSA) is 139 Å². The largest absolute Gasteiger partial charge is 0.398 e. The molecule has 2 aromatic carbocycles. The van der Waals surface area contributed by atoms with Crippen molar-refractivity contribution in [3.05, 3.63) is 71.5 Å². The van der Waals surface area contributed by atoms with E-state index in [-0.39, 0.29) is 0 Å². The van der Waals surface area contributed by atoms with E-state index in [1.54, 1.807) is 6.20 Å². The van der Waals surface area contributed by atoms with Crippen molar-refractivity contribution in [2.75, 3.05) is 16.8 Å². The second-order valence-electron chi connectivity index (χ2n) is 7.01. The summed E-state index contributed by atoms with van der Waals surface area (Å²) in [6, 6.07) is 13.3. The molecule has 0 saturated carbocycles. The number of anilines is 3. The average molecular weight is 387 g/mol. The number of aryl methyl sites for hydroxylation is 1. The Morgan fingerprint density at radius 2 is 1.93 bits per heavy atom. The fourth-order valence-electron chi connectivity index (χ4n) is 3.38. The molecule has 9 N–H and O–H groups in total. The molecular weight excluding hydrogens is 364 g/mol. The molecule has 4 aromatic rings. The Morgan fingerprint density at radius 3 is 2.66 bits per heavy atom. The van der Waals surface area contributed by atoms with Gasteiger partial charge >= 0.3 is 0 Å². The second-order valence-corrected chi connectivity index (χ2v) is 7.01. The summed E-state index contributed by atoms with van der Waals surface area (Å²) in [5.74, 6) is 0.431.